The molecule has 1 saturated heterocycles. The molecule has 0 saturated carbocycles. The summed E-state index contributed by atoms with van der Waals surface area (Å²) in [4.78, 5) is 38.7. The first-order valence-electron chi connectivity index (χ1n) is 11.5. The molecule has 11 heteroatoms. The van der Waals surface area contributed by atoms with Crippen LogP contribution < -0.4 is 25.0 Å². The monoisotopic (exact) mass is 482 g/mol. The third-order valence-corrected chi connectivity index (χ3v) is 5.98. The second kappa shape index (κ2) is 11.0. The quantitative estimate of drug-likeness (QED) is 0.540. The molecule has 1 aromatic heterocycles. The molecule has 1 aromatic carbocycles. The maximum atomic E-state index is 13.1. The third-order valence-electron chi connectivity index (χ3n) is 5.98. The van der Waals surface area contributed by atoms with E-state index in [4.69, 9.17) is 14.2 Å². The van der Waals surface area contributed by atoms with Crippen molar-refractivity contribution in [2.24, 2.45) is 0 Å². The smallest absolute Gasteiger partial charge is 0.338 e. The number of urea groups is 1. The van der Waals surface area contributed by atoms with Gasteiger partial charge >= 0.3 is 12.0 Å². The number of ether oxygens (including phenoxy) is 3. The number of carbonyl (C=O) groups excluding carboxylic acids is 2. The van der Waals surface area contributed by atoms with E-state index < -0.39 is 12.0 Å². The van der Waals surface area contributed by atoms with E-state index in [0.29, 0.717) is 40.8 Å². The second-order valence-corrected chi connectivity index (χ2v) is 8.07. The molecular weight excluding hydrogens is 452 g/mol. The van der Waals surface area contributed by atoms with Crippen molar-refractivity contribution in [1.82, 2.24) is 25.5 Å². The maximum Gasteiger partial charge on any atom is 0.338 e. The molecule has 1 atom stereocenters. The molecule has 2 N–H and O–H groups in total. The Morgan fingerprint density at radius 1 is 1.09 bits per heavy atom. The highest BCUT2D eigenvalue weighted by Crippen LogP contribution is 2.34. The molecular formula is C24H30N6O5. The Labute approximate surface area is 204 Å². The molecule has 11 nitrogen and oxygen atoms in total. The van der Waals surface area contributed by atoms with Crippen LogP contribution in [0.15, 0.2) is 47.9 Å². The molecule has 0 bridgehead atoms. The van der Waals surface area contributed by atoms with E-state index in [1.165, 1.54) is 7.11 Å². The van der Waals surface area contributed by atoms with Crippen LogP contribution in [0.5, 0.6) is 11.5 Å². The summed E-state index contributed by atoms with van der Waals surface area (Å²) in [6, 6.07) is 6.01. The maximum absolute atomic E-state index is 13.1. The van der Waals surface area contributed by atoms with Gasteiger partial charge < -0.3 is 29.7 Å². The number of rotatable bonds is 8. The first-order chi connectivity index (χ1) is 17.0. The molecule has 186 valence electrons. The van der Waals surface area contributed by atoms with Crippen molar-refractivity contribution in [3.05, 3.63) is 53.5 Å². The van der Waals surface area contributed by atoms with Crippen LogP contribution in [-0.2, 0) is 9.53 Å². The van der Waals surface area contributed by atoms with Crippen molar-refractivity contribution in [3.63, 3.8) is 0 Å². The van der Waals surface area contributed by atoms with Crippen molar-refractivity contribution < 1.29 is 23.8 Å². The third kappa shape index (κ3) is 5.46. The zero-order chi connectivity index (χ0) is 24.8. The number of esters is 1. The van der Waals surface area contributed by atoms with Crippen LogP contribution in [0.3, 0.4) is 0 Å². The SMILES string of the molecule is CCOC(=O)C1=C(CN2CCN(c3ncccn3)CC2)NC(=O)N[C@@H]1c1ccc(OC)c(OC)c1. The Kier molecular flexibility index (Phi) is 7.66. The summed E-state index contributed by atoms with van der Waals surface area (Å²) in [5.41, 5.74) is 1.58. The van der Waals surface area contributed by atoms with Gasteiger partial charge in [0.25, 0.3) is 0 Å². The zero-order valence-corrected chi connectivity index (χ0v) is 20.1. The van der Waals surface area contributed by atoms with Crippen molar-refractivity contribution in [2.75, 3.05) is 58.5 Å². The van der Waals surface area contributed by atoms with Crippen molar-refractivity contribution in [3.8, 4) is 11.5 Å². The summed E-state index contributed by atoms with van der Waals surface area (Å²) in [6.07, 6.45) is 3.45. The predicted molar refractivity (Wildman–Crippen MR) is 128 cm³/mol. The topological polar surface area (TPSA) is 118 Å². The van der Waals surface area contributed by atoms with Crippen LogP contribution in [0.4, 0.5) is 10.7 Å². The fourth-order valence-corrected chi connectivity index (χ4v) is 4.26. The summed E-state index contributed by atoms with van der Waals surface area (Å²) in [7, 11) is 3.09. The van der Waals surface area contributed by atoms with Crippen molar-refractivity contribution >= 4 is 17.9 Å². The van der Waals surface area contributed by atoms with E-state index in [1.807, 2.05) is 0 Å². The molecule has 1 fully saturated rings. The fraction of sp³-hybridized carbons (Fsp3) is 0.417. The van der Waals surface area contributed by atoms with Gasteiger partial charge in [-0.05, 0) is 30.7 Å². The summed E-state index contributed by atoms with van der Waals surface area (Å²) in [6.45, 7) is 5.29. The number of methoxy groups -OCH3 is 2. The highest BCUT2D eigenvalue weighted by molar-refractivity contribution is 5.95. The van der Waals surface area contributed by atoms with Gasteiger partial charge in [0.1, 0.15) is 0 Å². The normalized spacial score (nSPS) is 18.5. The lowest BCUT2D eigenvalue weighted by atomic mass is 9.94. The lowest BCUT2D eigenvalue weighted by Crippen LogP contribution is -2.52. The first-order valence-corrected chi connectivity index (χ1v) is 11.5. The highest BCUT2D eigenvalue weighted by Gasteiger charge is 2.35. The number of amides is 2. The Morgan fingerprint density at radius 2 is 1.80 bits per heavy atom. The van der Waals surface area contributed by atoms with E-state index >= 15 is 0 Å². The Hall–Kier alpha value is -3.86. The van der Waals surface area contributed by atoms with Gasteiger partial charge in [0, 0.05) is 50.8 Å². The van der Waals surface area contributed by atoms with E-state index in [9.17, 15) is 9.59 Å². The molecule has 35 heavy (non-hydrogen) atoms. The van der Waals surface area contributed by atoms with Gasteiger partial charge in [0.2, 0.25) is 5.95 Å². The Bertz CT molecular complexity index is 1090. The van der Waals surface area contributed by atoms with Crippen LogP contribution in [0.2, 0.25) is 0 Å². The minimum Gasteiger partial charge on any atom is -0.493 e. The molecule has 3 heterocycles. The number of carbonyl (C=O) groups is 2. The minimum absolute atomic E-state index is 0.220. The molecule has 0 spiro atoms. The standard InChI is InChI=1S/C24H30N6O5/c1-4-35-22(31)20-17(15-29-10-12-30(13-11-29)23-25-8-5-9-26-23)27-24(32)28-21(20)16-6-7-18(33-2)19(14-16)34-3/h5-9,14,21H,4,10-13,15H2,1-3H3,(H2,27,28,32)/t21-/m1/s1. The molecule has 0 aliphatic carbocycles. The number of nitrogens with zero attached hydrogens (tertiary/aromatic N) is 4. The molecule has 0 radical (unpaired) electrons. The van der Waals surface area contributed by atoms with Crippen LogP contribution in [-0.4, -0.2) is 80.4 Å². The summed E-state index contributed by atoms with van der Waals surface area (Å²) < 4.78 is 16.1. The second-order valence-electron chi connectivity index (χ2n) is 8.07. The number of benzene rings is 1. The van der Waals surface area contributed by atoms with Gasteiger partial charge in [-0.1, -0.05) is 6.07 Å². The average molecular weight is 483 g/mol. The number of anilines is 1. The summed E-state index contributed by atoms with van der Waals surface area (Å²) in [5.74, 6) is 1.27. The van der Waals surface area contributed by atoms with E-state index in [0.717, 1.165) is 26.2 Å². The number of aromatic nitrogens is 2. The van der Waals surface area contributed by atoms with Crippen LogP contribution in [0.1, 0.15) is 18.5 Å². The van der Waals surface area contributed by atoms with Gasteiger partial charge in [0.15, 0.2) is 11.5 Å². The summed E-state index contributed by atoms with van der Waals surface area (Å²) in [5, 5.41) is 5.70. The molecule has 2 aliphatic heterocycles. The first kappa shape index (κ1) is 24.3. The Balaban J connectivity index is 1.60. The molecule has 2 amide bonds. The van der Waals surface area contributed by atoms with E-state index in [1.54, 1.807) is 50.7 Å². The predicted octanol–water partition coefficient (Wildman–Crippen LogP) is 1.49. The van der Waals surface area contributed by atoms with E-state index in [-0.39, 0.29) is 12.6 Å². The summed E-state index contributed by atoms with van der Waals surface area (Å²) >= 11 is 0. The molecule has 2 aliphatic rings. The van der Waals surface area contributed by atoms with Crippen LogP contribution >= 0.6 is 0 Å². The Morgan fingerprint density at radius 3 is 2.46 bits per heavy atom. The fourth-order valence-electron chi connectivity index (χ4n) is 4.26. The van der Waals surface area contributed by atoms with Crippen LogP contribution in [0, 0.1) is 0 Å². The lowest BCUT2D eigenvalue weighted by Gasteiger charge is -2.37. The molecule has 0 unspecified atom stereocenters. The van der Waals surface area contributed by atoms with E-state index in [2.05, 4.69) is 30.4 Å². The average Bonchev–Trinajstić information content (AvgIpc) is 2.89. The van der Waals surface area contributed by atoms with Gasteiger partial charge in [-0.15, -0.1) is 0 Å². The van der Waals surface area contributed by atoms with Gasteiger partial charge in [0.05, 0.1) is 32.4 Å². The number of hydrogen-bond acceptors (Lipinski definition) is 9. The number of hydrogen-bond donors (Lipinski definition) is 2. The van der Waals surface area contributed by atoms with Crippen molar-refractivity contribution in [1.29, 1.82) is 0 Å². The molecule has 2 aromatic rings. The largest absolute Gasteiger partial charge is 0.493 e. The highest BCUT2D eigenvalue weighted by atomic mass is 16.5. The van der Waals surface area contributed by atoms with Crippen LogP contribution in [0.25, 0.3) is 0 Å². The van der Waals surface area contributed by atoms with Crippen molar-refractivity contribution in [2.45, 2.75) is 13.0 Å². The minimum atomic E-state index is -0.698. The molecule has 4 rings (SSSR count). The zero-order valence-electron chi connectivity index (χ0n) is 20.1. The lowest BCUT2D eigenvalue weighted by molar-refractivity contribution is -0.139. The van der Waals surface area contributed by atoms with Gasteiger partial charge in [-0.25, -0.2) is 19.6 Å². The number of piperazine rings is 1. The van der Waals surface area contributed by atoms with Gasteiger partial charge in [-0.3, -0.25) is 4.90 Å². The number of nitrogens with one attached hydrogen (secondary N) is 2. The van der Waals surface area contributed by atoms with Gasteiger partial charge in [-0.2, -0.15) is 0 Å².